The molecule has 1 amide bonds. The van der Waals surface area contributed by atoms with Crippen LogP contribution in [0, 0.1) is 6.92 Å². The van der Waals surface area contributed by atoms with Crippen molar-refractivity contribution in [3.8, 4) is 0 Å². The van der Waals surface area contributed by atoms with Crippen molar-refractivity contribution in [1.82, 2.24) is 9.88 Å². The zero-order valence-electron chi connectivity index (χ0n) is 16.9. The molecule has 28 heavy (non-hydrogen) atoms. The van der Waals surface area contributed by atoms with E-state index >= 15 is 0 Å². The van der Waals surface area contributed by atoms with Crippen molar-refractivity contribution in [3.05, 3.63) is 53.6 Å². The molecule has 0 saturated heterocycles. The zero-order valence-corrected chi connectivity index (χ0v) is 18.6. The molecule has 6 heteroatoms. The maximum atomic E-state index is 13.4. The van der Waals surface area contributed by atoms with Crippen molar-refractivity contribution in [1.29, 1.82) is 0 Å². The van der Waals surface area contributed by atoms with Gasteiger partial charge in [-0.1, -0.05) is 43.4 Å². The van der Waals surface area contributed by atoms with E-state index in [0.29, 0.717) is 12.1 Å². The molecule has 0 N–H and O–H groups in total. The van der Waals surface area contributed by atoms with Gasteiger partial charge in [0.1, 0.15) is 0 Å². The van der Waals surface area contributed by atoms with Crippen molar-refractivity contribution in [2.24, 2.45) is 0 Å². The first kappa shape index (κ1) is 20.8. The van der Waals surface area contributed by atoms with Crippen LogP contribution >= 0.6 is 23.1 Å². The summed E-state index contributed by atoms with van der Waals surface area (Å²) in [6.45, 7) is 9.77. The second-order valence-corrected chi connectivity index (χ2v) is 8.52. The smallest absolute Gasteiger partial charge is 0.260 e. The van der Waals surface area contributed by atoms with Crippen LogP contribution in [0.2, 0.25) is 0 Å². The fraction of sp³-hybridized carbons (Fsp3) is 0.364. The molecule has 0 saturated carbocycles. The van der Waals surface area contributed by atoms with E-state index in [4.69, 9.17) is 4.98 Å². The lowest BCUT2D eigenvalue weighted by atomic mass is 10.2. The van der Waals surface area contributed by atoms with E-state index in [9.17, 15) is 4.79 Å². The molecule has 0 radical (unpaired) electrons. The summed E-state index contributed by atoms with van der Waals surface area (Å²) < 4.78 is 1.12. The monoisotopic (exact) mass is 413 g/mol. The Labute approximate surface area is 175 Å². The van der Waals surface area contributed by atoms with Crippen molar-refractivity contribution in [2.45, 2.75) is 25.7 Å². The number of hydrogen-bond acceptors (Lipinski definition) is 5. The van der Waals surface area contributed by atoms with Crippen LogP contribution in [0.4, 0.5) is 5.13 Å². The first-order chi connectivity index (χ1) is 13.6. The molecule has 0 bridgehead atoms. The quantitative estimate of drug-likeness (QED) is 0.469. The van der Waals surface area contributed by atoms with E-state index in [2.05, 4.69) is 37.8 Å². The summed E-state index contributed by atoms with van der Waals surface area (Å²) in [5, 5.41) is 0.774. The number of aromatic nitrogens is 1. The first-order valence-corrected chi connectivity index (χ1v) is 11.7. The summed E-state index contributed by atoms with van der Waals surface area (Å²) in [5.74, 6) is 0.0137. The maximum Gasteiger partial charge on any atom is 0.260 e. The summed E-state index contributed by atoms with van der Waals surface area (Å²) in [4.78, 5) is 23.5. The number of thioether (sulfide) groups is 1. The Bertz CT molecular complexity index is 950. The van der Waals surface area contributed by atoms with Gasteiger partial charge in [0.2, 0.25) is 0 Å². The van der Waals surface area contributed by atoms with E-state index in [1.807, 2.05) is 41.5 Å². The predicted molar refractivity (Wildman–Crippen MR) is 122 cm³/mol. The normalized spacial score (nSPS) is 11.3. The number of carbonyl (C=O) groups excluding carboxylic acids is 1. The highest BCUT2D eigenvalue weighted by Gasteiger charge is 2.22. The lowest BCUT2D eigenvalue weighted by Gasteiger charge is -2.25. The molecule has 3 aromatic rings. The Hall–Kier alpha value is -1.89. The number of likely N-dealkylation sites (N-methyl/N-ethyl adjacent to an activating group) is 1. The highest BCUT2D eigenvalue weighted by molar-refractivity contribution is 7.98. The molecule has 0 spiro atoms. The number of benzene rings is 2. The summed E-state index contributed by atoms with van der Waals surface area (Å²) in [5.41, 5.74) is 2.84. The Morgan fingerprint density at radius 2 is 1.86 bits per heavy atom. The van der Waals surface area contributed by atoms with Crippen LogP contribution < -0.4 is 4.90 Å². The van der Waals surface area contributed by atoms with Crippen LogP contribution in [-0.2, 0) is 0 Å². The molecule has 0 aliphatic rings. The minimum atomic E-state index is 0.0137. The number of aryl methyl sites for hydroxylation is 1. The van der Waals surface area contributed by atoms with Gasteiger partial charge >= 0.3 is 0 Å². The van der Waals surface area contributed by atoms with E-state index in [1.165, 1.54) is 0 Å². The van der Waals surface area contributed by atoms with Crippen LogP contribution in [0.1, 0.15) is 29.8 Å². The molecule has 1 heterocycles. The second kappa shape index (κ2) is 9.54. The van der Waals surface area contributed by atoms with Gasteiger partial charge < -0.3 is 4.90 Å². The van der Waals surface area contributed by atoms with Crippen LogP contribution in [0.25, 0.3) is 10.2 Å². The predicted octanol–water partition coefficient (Wildman–Crippen LogP) is 5.32. The van der Waals surface area contributed by atoms with Crippen molar-refractivity contribution in [3.63, 3.8) is 0 Å². The second-order valence-electron chi connectivity index (χ2n) is 6.63. The van der Waals surface area contributed by atoms with Gasteiger partial charge in [-0.3, -0.25) is 9.69 Å². The minimum Gasteiger partial charge on any atom is -0.302 e. The van der Waals surface area contributed by atoms with E-state index in [-0.39, 0.29) is 5.91 Å². The summed E-state index contributed by atoms with van der Waals surface area (Å²) in [6.07, 6.45) is 2.03. The van der Waals surface area contributed by atoms with E-state index in [1.54, 1.807) is 23.1 Å². The molecule has 0 aliphatic heterocycles. The van der Waals surface area contributed by atoms with Gasteiger partial charge in [0.15, 0.2) is 5.13 Å². The number of carbonyl (C=O) groups is 1. The molecule has 148 valence electrons. The number of thiazole rings is 1. The van der Waals surface area contributed by atoms with Gasteiger partial charge in [-0.25, -0.2) is 4.98 Å². The van der Waals surface area contributed by atoms with Crippen LogP contribution in [-0.4, -0.2) is 48.2 Å². The van der Waals surface area contributed by atoms with Crippen LogP contribution in [0.5, 0.6) is 0 Å². The minimum absolute atomic E-state index is 0.0137. The lowest BCUT2D eigenvalue weighted by molar-refractivity contribution is 0.0983. The molecule has 3 rings (SSSR count). The summed E-state index contributed by atoms with van der Waals surface area (Å²) >= 11 is 3.24. The molecular formula is C22H27N3OS2. The molecular weight excluding hydrogens is 386 g/mol. The average molecular weight is 414 g/mol. The van der Waals surface area contributed by atoms with Crippen molar-refractivity contribution >= 4 is 44.4 Å². The van der Waals surface area contributed by atoms with Gasteiger partial charge in [0.25, 0.3) is 5.91 Å². The number of amides is 1. The standard InChI is InChI=1S/C22H27N3OS2/c1-5-24(6-2)13-14-25(21(26)17-10-8-11-18(15-17)27-4)22-23-20-16(3)9-7-12-19(20)28-22/h7-12,15H,5-6,13-14H2,1-4H3. The number of fused-ring (bicyclic) bond motifs is 1. The van der Waals surface area contributed by atoms with Gasteiger partial charge in [-0.05, 0) is 56.1 Å². The third-order valence-electron chi connectivity index (χ3n) is 4.94. The third kappa shape index (κ3) is 4.57. The lowest BCUT2D eigenvalue weighted by Crippen LogP contribution is -2.38. The zero-order chi connectivity index (χ0) is 20.1. The highest BCUT2D eigenvalue weighted by atomic mass is 32.2. The van der Waals surface area contributed by atoms with Gasteiger partial charge in [0.05, 0.1) is 10.2 Å². The van der Waals surface area contributed by atoms with Gasteiger partial charge in [-0.2, -0.15) is 0 Å². The van der Waals surface area contributed by atoms with E-state index < -0.39 is 0 Å². The Balaban J connectivity index is 1.97. The number of hydrogen-bond donors (Lipinski definition) is 0. The Morgan fingerprint density at radius 1 is 1.11 bits per heavy atom. The Kier molecular flexibility index (Phi) is 7.10. The van der Waals surface area contributed by atoms with Crippen molar-refractivity contribution in [2.75, 3.05) is 37.3 Å². The van der Waals surface area contributed by atoms with Gasteiger partial charge in [0, 0.05) is 23.5 Å². The molecule has 0 unspecified atom stereocenters. The number of rotatable bonds is 8. The summed E-state index contributed by atoms with van der Waals surface area (Å²) in [7, 11) is 0. The molecule has 1 aromatic heterocycles. The van der Waals surface area contributed by atoms with E-state index in [0.717, 1.165) is 45.4 Å². The van der Waals surface area contributed by atoms with Crippen LogP contribution in [0.15, 0.2) is 47.4 Å². The molecule has 2 aromatic carbocycles. The third-order valence-corrected chi connectivity index (χ3v) is 6.71. The molecule has 0 aliphatic carbocycles. The van der Waals surface area contributed by atoms with Crippen LogP contribution in [0.3, 0.4) is 0 Å². The highest BCUT2D eigenvalue weighted by Crippen LogP contribution is 2.31. The SMILES string of the molecule is CCN(CC)CCN(C(=O)c1cccc(SC)c1)c1nc2c(C)cccc2s1. The summed E-state index contributed by atoms with van der Waals surface area (Å²) in [6, 6.07) is 14.0. The molecule has 0 fully saturated rings. The molecule has 4 nitrogen and oxygen atoms in total. The average Bonchev–Trinajstić information content (AvgIpc) is 3.16. The van der Waals surface area contributed by atoms with Gasteiger partial charge in [-0.15, -0.1) is 11.8 Å². The largest absolute Gasteiger partial charge is 0.302 e. The number of nitrogens with zero attached hydrogens (tertiary/aromatic N) is 3. The maximum absolute atomic E-state index is 13.4. The number of para-hydroxylation sites is 1. The fourth-order valence-electron chi connectivity index (χ4n) is 3.17. The number of anilines is 1. The Morgan fingerprint density at radius 3 is 2.54 bits per heavy atom. The van der Waals surface area contributed by atoms with Crippen molar-refractivity contribution < 1.29 is 4.79 Å². The first-order valence-electron chi connectivity index (χ1n) is 9.61. The molecule has 0 atom stereocenters. The fourth-order valence-corrected chi connectivity index (χ4v) is 4.69. The topological polar surface area (TPSA) is 36.4 Å².